The number of Topliss-reactive ketones (excluding diaryl/α,β-unsaturated/α-hetero) is 1. The maximum Gasteiger partial charge on any atom is 0.224 e. The molecule has 2 aromatic heterocycles. The van der Waals surface area contributed by atoms with E-state index >= 15 is 0 Å². The fourth-order valence-electron chi connectivity index (χ4n) is 1.95. The summed E-state index contributed by atoms with van der Waals surface area (Å²) in [6.07, 6.45) is 2.78. The van der Waals surface area contributed by atoms with Gasteiger partial charge in [0, 0.05) is 18.0 Å². The van der Waals surface area contributed by atoms with E-state index in [1.807, 2.05) is 6.07 Å². The van der Waals surface area contributed by atoms with Crippen molar-refractivity contribution in [1.82, 2.24) is 9.97 Å². The van der Waals surface area contributed by atoms with E-state index in [9.17, 15) is 9.90 Å². The molecule has 0 spiro atoms. The average Bonchev–Trinajstić information content (AvgIpc) is 3.05. The summed E-state index contributed by atoms with van der Waals surface area (Å²) >= 11 is 0. The Bertz CT molecular complexity index is 645. The van der Waals surface area contributed by atoms with Crippen molar-refractivity contribution in [2.75, 3.05) is 13.2 Å². The van der Waals surface area contributed by atoms with Crippen LogP contribution in [0.3, 0.4) is 0 Å². The molecule has 20 heavy (non-hydrogen) atoms. The van der Waals surface area contributed by atoms with Crippen LogP contribution in [0.25, 0.3) is 0 Å². The lowest BCUT2D eigenvalue weighted by Crippen LogP contribution is -1.98. The summed E-state index contributed by atoms with van der Waals surface area (Å²) in [4.78, 5) is 18.7. The Morgan fingerprint density at radius 2 is 1.85 bits per heavy atom. The van der Waals surface area contributed by atoms with Crippen molar-refractivity contribution >= 4 is 5.78 Å². The molecule has 0 saturated carbocycles. The predicted molar refractivity (Wildman–Crippen MR) is 68.8 cm³/mol. The second-order valence-electron chi connectivity index (χ2n) is 4.29. The minimum absolute atomic E-state index is 0.0168. The first-order valence-electron chi connectivity index (χ1n) is 6.12. The summed E-state index contributed by atoms with van der Waals surface area (Å²) in [5.41, 5.74) is 1.39. The highest BCUT2D eigenvalue weighted by molar-refractivity contribution is 6.01. The molecular weight excluding hydrogens is 260 g/mol. The van der Waals surface area contributed by atoms with E-state index in [4.69, 9.17) is 9.47 Å². The molecule has 1 unspecified atom stereocenters. The first kappa shape index (κ1) is 12.6. The van der Waals surface area contributed by atoms with Crippen LogP contribution in [0.5, 0.6) is 11.8 Å². The molecule has 0 radical (unpaired) electrons. The molecular formula is C14H12N2O4. The molecule has 1 atom stereocenters. The largest absolute Gasteiger partial charge is 0.474 e. The summed E-state index contributed by atoms with van der Waals surface area (Å²) in [7, 11) is 0. The van der Waals surface area contributed by atoms with Crippen LogP contribution in [0.4, 0.5) is 0 Å². The van der Waals surface area contributed by atoms with Gasteiger partial charge in [-0.25, -0.2) is 9.97 Å². The normalized spacial score (nSPS) is 18.2. The lowest BCUT2D eigenvalue weighted by molar-refractivity contribution is 0.0960. The molecule has 1 N–H and O–H groups in total. The number of aliphatic hydroxyl groups is 1. The minimum Gasteiger partial charge on any atom is -0.474 e. The van der Waals surface area contributed by atoms with Crippen molar-refractivity contribution in [3.05, 3.63) is 47.8 Å². The summed E-state index contributed by atoms with van der Waals surface area (Å²) in [5.74, 6) is 1.05. The Labute approximate surface area is 115 Å². The van der Waals surface area contributed by atoms with Gasteiger partial charge in [0.1, 0.15) is 12.7 Å². The van der Waals surface area contributed by atoms with E-state index in [0.717, 1.165) is 5.56 Å². The van der Waals surface area contributed by atoms with Crippen LogP contribution in [-0.4, -0.2) is 34.1 Å². The van der Waals surface area contributed by atoms with Crippen LogP contribution in [0.2, 0.25) is 0 Å². The van der Waals surface area contributed by atoms with Crippen molar-refractivity contribution in [1.29, 1.82) is 0 Å². The van der Waals surface area contributed by atoms with Crippen LogP contribution < -0.4 is 9.47 Å². The zero-order chi connectivity index (χ0) is 13.9. The van der Waals surface area contributed by atoms with E-state index < -0.39 is 6.10 Å². The van der Waals surface area contributed by atoms with Crippen LogP contribution in [0.1, 0.15) is 22.0 Å². The molecule has 6 nitrogen and oxygen atoms in total. The van der Waals surface area contributed by atoms with E-state index in [0.29, 0.717) is 23.9 Å². The number of ether oxygens (including phenoxy) is 2. The fourth-order valence-corrected chi connectivity index (χ4v) is 1.95. The Morgan fingerprint density at radius 1 is 1.10 bits per heavy atom. The van der Waals surface area contributed by atoms with E-state index in [1.165, 1.54) is 0 Å². The SMILES string of the molecule is O=C1COc2ncccc21.OC1COc2ncccc21. The fraction of sp³-hybridized carbons (Fsp3) is 0.214. The quantitative estimate of drug-likeness (QED) is 0.775. The zero-order valence-electron chi connectivity index (χ0n) is 10.5. The molecule has 2 aromatic rings. The van der Waals surface area contributed by atoms with Crippen molar-refractivity contribution in [2.45, 2.75) is 6.10 Å². The number of carbonyl (C=O) groups is 1. The number of pyridine rings is 2. The molecule has 2 aliphatic rings. The van der Waals surface area contributed by atoms with Gasteiger partial charge in [-0.15, -0.1) is 0 Å². The maximum absolute atomic E-state index is 10.9. The third-order valence-corrected chi connectivity index (χ3v) is 2.95. The number of fused-ring (bicyclic) bond motifs is 2. The molecule has 0 amide bonds. The molecule has 0 bridgehead atoms. The van der Waals surface area contributed by atoms with E-state index in [-0.39, 0.29) is 12.4 Å². The van der Waals surface area contributed by atoms with Gasteiger partial charge in [0.2, 0.25) is 17.5 Å². The van der Waals surface area contributed by atoms with Gasteiger partial charge in [-0.1, -0.05) is 0 Å². The minimum atomic E-state index is -0.483. The third kappa shape index (κ3) is 2.33. The van der Waals surface area contributed by atoms with Gasteiger partial charge in [-0.2, -0.15) is 0 Å². The number of ketones is 1. The third-order valence-electron chi connectivity index (χ3n) is 2.95. The molecule has 4 heterocycles. The molecule has 0 aliphatic carbocycles. The van der Waals surface area contributed by atoms with Gasteiger partial charge in [-0.05, 0) is 24.3 Å². The van der Waals surface area contributed by atoms with Gasteiger partial charge in [0.25, 0.3) is 0 Å². The summed E-state index contributed by atoms with van der Waals surface area (Å²) in [6, 6.07) is 7.06. The van der Waals surface area contributed by atoms with Gasteiger partial charge < -0.3 is 14.6 Å². The van der Waals surface area contributed by atoms with Gasteiger partial charge in [-0.3, -0.25) is 4.79 Å². The molecule has 0 saturated heterocycles. The average molecular weight is 272 g/mol. The van der Waals surface area contributed by atoms with Crippen LogP contribution in [0, 0.1) is 0 Å². The predicted octanol–water partition coefficient (Wildman–Crippen LogP) is 1.16. The van der Waals surface area contributed by atoms with Crippen LogP contribution in [0.15, 0.2) is 36.7 Å². The molecule has 102 valence electrons. The topological polar surface area (TPSA) is 81.5 Å². The number of rotatable bonds is 0. The number of aromatic nitrogens is 2. The van der Waals surface area contributed by atoms with E-state index in [1.54, 1.807) is 30.6 Å². The smallest absolute Gasteiger partial charge is 0.224 e. The number of hydrogen-bond donors (Lipinski definition) is 1. The first-order valence-corrected chi connectivity index (χ1v) is 6.12. The second-order valence-corrected chi connectivity index (χ2v) is 4.29. The standard InChI is InChI=1S/C7H7NO2.C7H5NO2/c2*9-6-4-10-7-5(6)2-1-3-8-7/h1-3,6,9H,4H2;1-3H,4H2. The van der Waals surface area contributed by atoms with Crippen molar-refractivity contribution < 1.29 is 19.4 Å². The summed E-state index contributed by atoms with van der Waals surface area (Å²) < 4.78 is 10.00. The highest BCUT2D eigenvalue weighted by Crippen LogP contribution is 2.28. The Morgan fingerprint density at radius 3 is 2.60 bits per heavy atom. The second kappa shape index (κ2) is 5.26. The molecule has 0 aromatic carbocycles. The number of hydrogen-bond acceptors (Lipinski definition) is 6. The Hall–Kier alpha value is -2.47. The van der Waals surface area contributed by atoms with Crippen molar-refractivity contribution in [3.63, 3.8) is 0 Å². The van der Waals surface area contributed by atoms with Crippen LogP contribution >= 0.6 is 0 Å². The molecule has 0 fully saturated rings. The highest BCUT2D eigenvalue weighted by Gasteiger charge is 2.22. The molecule has 6 heteroatoms. The van der Waals surface area contributed by atoms with Gasteiger partial charge in [0.15, 0.2) is 6.61 Å². The van der Waals surface area contributed by atoms with Gasteiger partial charge >= 0.3 is 0 Å². The van der Waals surface area contributed by atoms with Gasteiger partial charge in [0.05, 0.1) is 5.56 Å². The monoisotopic (exact) mass is 272 g/mol. The van der Waals surface area contributed by atoms with Crippen molar-refractivity contribution in [3.8, 4) is 11.8 Å². The number of nitrogens with zero attached hydrogens (tertiary/aromatic N) is 2. The first-order chi connectivity index (χ1) is 9.75. The lowest BCUT2D eigenvalue weighted by atomic mass is 10.2. The maximum atomic E-state index is 10.9. The summed E-state index contributed by atoms with van der Waals surface area (Å²) in [5, 5.41) is 9.22. The number of aliphatic hydroxyl groups excluding tert-OH is 1. The van der Waals surface area contributed by atoms with E-state index in [2.05, 4.69) is 9.97 Å². The highest BCUT2D eigenvalue weighted by atomic mass is 16.5. The summed E-state index contributed by atoms with van der Waals surface area (Å²) in [6.45, 7) is 0.485. The molecule has 4 rings (SSSR count). The van der Waals surface area contributed by atoms with Crippen molar-refractivity contribution in [2.24, 2.45) is 0 Å². The molecule has 2 aliphatic heterocycles. The number of carbonyl (C=O) groups excluding carboxylic acids is 1. The lowest BCUT2D eigenvalue weighted by Gasteiger charge is -1.95. The van der Waals surface area contributed by atoms with Crippen LogP contribution in [-0.2, 0) is 0 Å². The zero-order valence-corrected chi connectivity index (χ0v) is 10.5. The Balaban J connectivity index is 0.000000121. The Kier molecular flexibility index (Phi) is 3.30.